The van der Waals surface area contributed by atoms with E-state index in [1.54, 1.807) is 19.9 Å². The van der Waals surface area contributed by atoms with E-state index in [9.17, 15) is 14.0 Å². The van der Waals surface area contributed by atoms with Crippen LogP contribution in [0.15, 0.2) is 33.5 Å². The third-order valence-electron chi connectivity index (χ3n) is 5.93. The number of benzene rings is 1. The third-order valence-corrected chi connectivity index (χ3v) is 6.42. The molecular formula is C26H33BrFN3O6. The van der Waals surface area contributed by atoms with E-state index in [-0.39, 0.29) is 47.2 Å². The zero-order valence-corrected chi connectivity index (χ0v) is 23.4. The molecule has 202 valence electrons. The summed E-state index contributed by atoms with van der Waals surface area (Å²) in [6, 6.07) is 5.73. The Morgan fingerprint density at radius 2 is 1.97 bits per heavy atom. The zero-order chi connectivity index (χ0) is 27.1. The number of nitrogens with zero attached hydrogens (tertiary/aromatic N) is 1. The van der Waals surface area contributed by atoms with Gasteiger partial charge in [0.15, 0.2) is 5.79 Å². The van der Waals surface area contributed by atoms with E-state index in [1.807, 2.05) is 27.7 Å². The molecule has 2 N–H and O–H groups in total. The molecule has 9 nitrogen and oxygen atoms in total. The number of carbonyl (C=O) groups excluding carboxylic acids is 1. The summed E-state index contributed by atoms with van der Waals surface area (Å²) in [5.41, 5.74) is 2.55. The number of pyridine rings is 1. The lowest BCUT2D eigenvalue weighted by molar-refractivity contribution is -0.151. The van der Waals surface area contributed by atoms with Gasteiger partial charge in [-0.1, -0.05) is 22.9 Å². The molecule has 4 rings (SSSR count). The second-order valence-electron chi connectivity index (χ2n) is 10.9. The van der Waals surface area contributed by atoms with Gasteiger partial charge in [0.05, 0.1) is 48.0 Å². The quantitative estimate of drug-likeness (QED) is 0.431. The van der Waals surface area contributed by atoms with Crippen molar-refractivity contribution in [2.75, 3.05) is 18.5 Å². The second kappa shape index (κ2) is 10.5. The van der Waals surface area contributed by atoms with Crippen molar-refractivity contribution in [3.05, 3.63) is 56.2 Å². The van der Waals surface area contributed by atoms with Gasteiger partial charge in [-0.05, 0) is 52.8 Å². The van der Waals surface area contributed by atoms with Crippen LogP contribution in [0, 0.1) is 11.7 Å². The van der Waals surface area contributed by atoms with E-state index in [2.05, 4.69) is 26.7 Å². The van der Waals surface area contributed by atoms with Crippen molar-refractivity contribution in [3.63, 3.8) is 0 Å². The molecule has 1 aromatic carbocycles. The van der Waals surface area contributed by atoms with Crippen LogP contribution in [0.5, 0.6) is 0 Å². The van der Waals surface area contributed by atoms with Crippen LogP contribution in [0.3, 0.4) is 0 Å². The van der Waals surface area contributed by atoms with Crippen molar-refractivity contribution in [2.45, 2.75) is 71.7 Å². The lowest BCUT2D eigenvalue weighted by Gasteiger charge is -2.23. The molecule has 3 atom stereocenters. The molecule has 0 saturated carbocycles. The molecule has 0 radical (unpaired) electrons. The number of aromatic nitrogens is 1. The smallest absolute Gasteiger partial charge is 0.278 e. The van der Waals surface area contributed by atoms with Gasteiger partial charge in [0.1, 0.15) is 18.0 Å². The number of fused-ring (bicyclic) bond motifs is 3. The Morgan fingerprint density at radius 1 is 1.24 bits per heavy atom. The largest absolute Gasteiger partial charge is 0.375 e. The number of amides is 1. The third kappa shape index (κ3) is 6.40. The average molecular weight is 582 g/mol. The number of halogens is 2. The number of nitrogens with one attached hydrogen (secondary N) is 2. The normalized spacial score (nSPS) is 20.9. The van der Waals surface area contributed by atoms with Gasteiger partial charge in [0.25, 0.3) is 11.5 Å². The number of carbonyl (C=O) groups is 1. The SMILES string of the molecule is CC(CONC(=O)c1c(Nc2ccc(Br)cc2F)cc(=O)n2c1[C@@H]1OC(C)(C)O[C@@H]1C2)COC(C)(C)C. The number of anilines is 2. The Balaban J connectivity index is 1.63. The molecule has 11 heteroatoms. The van der Waals surface area contributed by atoms with E-state index < -0.39 is 29.7 Å². The fourth-order valence-electron chi connectivity index (χ4n) is 4.34. The summed E-state index contributed by atoms with van der Waals surface area (Å²) in [4.78, 5) is 32.0. The van der Waals surface area contributed by atoms with Crippen LogP contribution < -0.4 is 16.4 Å². The maximum atomic E-state index is 14.7. The van der Waals surface area contributed by atoms with Crippen molar-refractivity contribution < 1.29 is 28.2 Å². The summed E-state index contributed by atoms with van der Waals surface area (Å²) < 4.78 is 34.5. The summed E-state index contributed by atoms with van der Waals surface area (Å²) in [5.74, 6) is -2.02. The predicted molar refractivity (Wildman–Crippen MR) is 139 cm³/mol. The van der Waals surface area contributed by atoms with Crippen molar-refractivity contribution >= 4 is 33.2 Å². The molecule has 1 fully saturated rings. The van der Waals surface area contributed by atoms with Gasteiger partial charge >= 0.3 is 0 Å². The lowest BCUT2D eigenvalue weighted by atomic mass is 10.1. The Hall–Kier alpha value is -2.31. The molecule has 2 aromatic rings. The van der Waals surface area contributed by atoms with E-state index in [4.69, 9.17) is 19.0 Å². The Bertz CT molecular complexity index is 1240. The van der Waals surface area contributed by atoms with Gasteiger partial charge in [-0.25, -0.2) is 9.87 Å². The molecular weight excluding hydrogens is 549 g/mol. The van der Waals surface area contributed by atoms with Crippen LogP contribution in [0.25, 0.3) is 0 Å². The van der Waals surface area contributed by atoms with Gasteiger partial charge in [-0.2, -0.15) is 0 Å². The van der Waals surface area contributed by atoms with Crippen LogP contribution in [-0.4, -0.2) is 41.2 Å². The summed E-state index contributed by atoms with van der Waals surface area (Å²) in [6.45, 7) is 12.3. The first-order valence-electron chi connectivity index (χ1n) is 12.2. The first kappa shape index (κ1) is 27.7. The maximum Gasteiger partial charge on any atom is 0.278 e. The summed E-state index contributed by atoms with van der Waals surface area (Å²) in [7, 11) is 0. The van der Waals surface area contributed by atoms with Crippen molar-refractivity contribution in [3.8, 4) is 0 Å². The minimum atomic E-state index is -0.884. The van der Waals surface area contributed by atoms with Crippen LogP contribution in [0.1, 0.15) is 63.7 Å². The van der Waals surface area contributed by atoms with E-state index in [0.29, 0.717) is 16.8 Å². The van der Waals surface area contributed by atoms with Crippen molar-refractivity contribution in [1.82, 2.24) is 10.0 Å². The van der Waals surface area contributed by atoms with Crippen molar-refractivity contribution in [1.29, 1.82) is 0 Å². The van der Waals surface area contributed by atoms with Gasteiger partial charge < -0.3 is 24.1 Å². The molecule has 1 aromatic heterocycles. The van der Waals surface area contributed by atoms with Gasteiger partial charge in [0, 0.05) is 16.5 Å². The molecule has 2 aliphatic heterocycles. The number of rotatable bonds is 8. The Morgan fingerprint density at radius 3 is 2.65 bits per heavy atom. The highest BCUT2D eigenvalue weighted by atomic mass is 79.9. The summed E-state index contributed by atoms with van der Waals surface area (Å²) in [6.07, 6.45) is -1.09. The molecule has 1 saturated heterocycles. The van der Waals surface area contributed by atoms with Gasteiger partial charge in [-0.15, -0.1) is 0 Å². The molecule has 2 aliphatic rings. The van der Waals surface area contributed by atoms with Crippen LogP contribution in [-0.2, 0) is 25.6 Å². The fourth-order valence-corrected chi connectivity index (χ4v) is 4.68. The number of hydrogen-bond donors (Lipinski definition) is 2. The minimum Gasteiger partial charge on any atom is -0.375 e. The highest BCUT2D eigenvalue weighted by Gasteiger charge is 2.49. The van der Waals surface area contributed by atoms with E-state index >= 15 is 0 Å². The summed E-state index contributed by atoms with van der Waals surface area (Å²) >= 11 is 3.23. The van der Waals surface area contributed by atoms with Crippen molar-refractivity contribution in [2.24, 2.45) is 5.92 Å². The van der Waals surface area contributed by atoms with Crippen LogP contribution in [0.4, 0.5) is 15.8 Å². The predicted octanol–water partition coefficient (Wildman–Crippen LogP) is 4.81. The van der Waals surface area contributed by atoms with Crippen LogP contribution >= 0.6 is 15.9 Å². The Kier molecular flexibility index (Phi) is 7.83. The monoisotopic (exact) mass is 581 g/mol. The number of hydroxylamine groups is 1. The first-order valence-corrected chi connectivity index (χ1v) is 12.9. The van der Waals surface area contributed by atoms with Crippen LogP contribution in [0.2, 0.25) is 0 Å². The Labute approximate surface area is 223 Å². The molecule has 0 bridgehead atoms. The van der Waals surface area contributed by atoms with Gasteiger partial charge in [-0.3, -0.25) is 14.4 Å². The highest BCUT2D eigenvalue weighted by molar-refractivity contribution is 9.10. The number of hydrogen-bond acceptors (Lipinski definition) is 7. The molecule has 0 spiro atoms. The minimum absolute atomic E-state index is 0.00911. The highest BCUT2D eigenvalue weighted by Crippen LogP contribution is 2.45. The molecule has 0 aliphatic carbocycles. The fraction of sp³-hybridized carbons (Fsp3) is 0.538. The first-order chi connectivity index (χ1) is 17.2. The average Bonchev–Trinajstić information content (AvgIpc) is 3.26. The summed E-state index contributed by atoms with van der Waals surface area (Å²) in [5, 5.41) is 2.91. The molecule has 1 unspecified atom stereocenters. The van der Waals surface area contributed by atoms with E-state index in [1.165, 1.54) is 22.8 Å². The van der Waals surface area contributed by atoms with Gasteiger partial charge in [0.2, 0.25) is 0 Å². The maximum absolute atomic E-state index is 14.7. The molecule has 37 heavy (non-hydrogen) atoms. The topological polar surface area (TPSA) is 100 Å². The zero-order valence-electron chi connectivity index (χ0n) is 21.8. The molecule has 1 amide bonds. The second-order valence-corrected chi connectivity index (χ2v) is 11.8. The lowest BCUT2D eigenvalue weighted by Crippen LogP contribution is -2.33. The standard InChI is InChI=1S/C26H33BrFN3O6/c1-14(12-34-25(2,3)4)13-35-30-24(33)21-18(29-17-8-7-15(27)9-16(17)28)10-20(32)31-11-19-23(22(21)31)37-26(5,6)36-19/h7-10,14,19,23,29H,11-13H2,1-6H3,(H,30,33)/t14?,19-,23-/m1/s1. The molecule has 3 heterocycles. The number of ether oxygens (including phenoxy) is 3. The van der Waals surface area contributed by atoms with E-state index in [0.717, 1.165) is 0 Å².